The molecule has 5 heteroatoms. The topological polar surface area (TPSA) is 69.6 Å². The number of benzene rings is 1. The molecule has 1 aliphatic rings. The molecule has 2 N–H and O–H groups in total. The lowest BCUT2D eigenvalue weighted by atomic mass is 9.91. The molecular formula is C19H28N2O3. The van der Waals surface area contributed by atoms with Crippen LogP contribution in [0.4, 0.5) is 4.79 Å². The van der Waals surface area contributed by atoms with Gasteiger partial charge in [0.2, 0.25) is 0 Å². The van der Waals surface area contributed by atoms with Crippen LogP contribution in [-0.2, 0) is 11.2 Å². The minimum atomic E-state index is -0.811. The van der Waals surface area contributed by atoms with Crippen molar-refractivity contribution in [3.8, 4) is 0 Å². The molecule has 1 heterocycles. The summed E-state index contributed by atoms with van der Waals surface area (Å²) < 4.78 is 0. The number of urea groups is 1. The lowest BCUT2D eigenvalue weighted by Crippen LogP contribution is -2.52. The molecule has 0 radical (unpaired) electrons. The van der Waals surface area contributed by atoms with E-state index in [9.17, 15) is 14.7 Å². The maximum absolute atomic E-state index is 12.6. The van der Waals surface area contributed by atoms with Crippen LogP contribution in [0.2, 0.25) is 0 Å². The van der Waals surface area contributed by atoms with Crippen molar-refractivity contribution in [2.75, 3.05) is 13.1 Å². The minimum Gasteiger partial charge on any atom is -0.481 e. The van der Waals surface area contributed by atoms with Crippen LogP contribution < -0.4 is 5.32 Å². The highest BCUT2D eigenvalue weighted by atomic mass is 16.4. The number of rotatable bonds is 6. The van der Waals surface area contributed by atoms with Crippen LogP contribution in [0, 0.1) is 11.8 Å². The van der Waals surface area contributed by atoms with Crippen molar-refractivity contribution in [3.63, 3.8) is 0 Å². The standard InChI is InChI=1S/C19H28N2O3/c1-3-7-17(11-15-8-5-4-6-9-15)20-19(24)21-12-14(2)10-16(13-21)18(22)23/h4-6,8-9,14,16-17H,3,7,10-13H2,1-2H3,(H,20,24)(H,22,23). The van der Waals surface area contributed by atoms with Crippen LogP contribution in [-0.4, -0.2) is 41.1 Å². The first-order valence-corrected chi connectivity index (χ1v) is 8.81. The molecule has 1 saturated heterocycles. The number of piperidine rings is 1. The second-order valence-electron chi connectivity index (χ2n) is 6.91. The first kappa shape index (κ1) is 18.3. The lowest BCUT2D eigenvalue weighted by Gasteiger charge is -2.35. The number of carbonyl (C=O) groups excluding carboxylic acids is 1. The Bertz CT molecular complexity index is 547. The van der Waals surface area contributed by atoms with E-state index in [2.05, 4.69) is 24.4 Å². The molecule has 3 atom stereocenters. The van der Waals surface area contributed by atoms with E-state index in [4.69, 9.17) is 0 Å². The fraction of sp³-hybridized carbons (Fsp3) is 0.579. The molecule has 1 aromatic carbocycles. The van der Waals surface area contributed by atoms with Crippen LogP contribution in [0.5, 0.6) is 0 Å². The summed E-state index contributed by atoms with van der Waals surface area (Å²) in [5, 5.41) is 12.4. The average molecular weight is 332 g/mol. The normalized spacial score (nSPS) is 22.0. The monoisotopic (exact) mass is 332 g/mol. The van der Waals surface area contributed by atoms with Crippen LogP contribution in [0.1, 0.15) is 38.7 Å². The molecular weight excluding hydrogens is 304 g/mol. The summed E-state index contributed by atoms with van der Waals surface area (Å²) >= 11 is 0. The molecule has 132 valence electrons. The predicted molar refractivity (Wildman–Crippen MR) is 93.9 cm³/mol. The van der Waals surface area contributed by atoms with Crippen LogP contribution >= 0.6 is 0 Å². The van der Waals surface area contributed by atoms with Crippen molar-refractivity contribution >= 4 is 12.0 Å². The Hall–Kier alpha value is -2.04. The van der Waals surface area contributed by atoms with E-state index in [1.54, 1.807) is 4.90 Å². The van der Waals surface area contributed by atoms with E-state index in [0.29, 0.717) is 19.5 Å². The molecule has 0 aromatic heterocycles. The Balaban J connectivity index is 1.97. The third-order valence-electron chi connectivity index (χ3n) is 4.59. The molecule has 0 bridgehead atoms. The van der Waals surface area contributed by atoms with Crippen molar-refractivity contribution in [2.24, 2.45) is 11.8 Å². The number of nitrogens with zero attached hydrogens (tertiary/aromatic N) is 1. The molecule has 5 nitrogen and oxygen atoms in total. The van der Waals surface area contributed by atoms with Gasteiger partial charge in [0.15, 0.2) is 0 Å². The van der Waals surface area contributed by atoms with E-state index in [0.717, 1.165) is 19.3 Å². The highest BCUT2D eigenvalue weighted by molar-refractivity contribution is 5.77. The van der Waals surface area contributed by atoms with Gasteiger partial charge >= 0.3 is 12.0 Å². The summed E-state index contributed by atoms with van der Waals surface area (Å²) in [4.78, 5) is 25.6. The number of nitrogens with one attached hydrogen (secondary N) is 1. The van der Waals surface area contributed by atoms with Gasteiger partial charge in [-0.25, -0.2) is 4.79 Å². The maximum atomic E-state index is 12.6. The van der Waals surface area contributed by atoms with E-state index in [1.165, 1.54) is 5.56 Å². The van der Waals surface area contributed by atoms with Gasteiger partial charge < -0.3 is 15.3 Å². The summed E-state index contributed by atoms with van der Waals surface area (Å²) in [5.41, 5.74) is 1.20. The summed E-state index contributed by atoms with van der Waals surface area (Å²) in [7, 11) is 0. The molecule has 1 aromatic rings. The molecule has 3 unspecified atom stereocenters. The number of hydrogen-bond donors (Lipinski definition) is 2. The number of carboxylic acid groups (broad SMARTS) is 1. The van der Waals surface area contributed by atoms with E-state index in [-0.39, 0.29) is 18.0 Å². The zero-order valence-corrected chi connectivity index (χ0v) is 14.6. The summed E-state index contributed by atoms with van der Waals surface area (Å²) in [5.74, 6) is -1.06. The Kier molecular flexibility index (Phi) is 6.64. The van der Waals surface area contributed by atoms with Crippen molar-refractivity contribution < 1.29 is 14.7 Å². The van der Waals surface area contributed by atoms with Gasteiger partial charge in [0.25, 0.3) is 0 Å². The van der Waals surface area contributed by atoms with Gasteiger partial charge in [0, 0.05) is 19.1 Å². The van der Waals surface area contributed by atoms with Crippen molar-refractivity contribution in [1.29, 1.82) is 0 Å². The molecule has 0 aliphatic carbocycles. The van der Waals surface area contributed by atoms with Crippen molar-refractivity contribution in [3.05, 3.63) is 35.9 Å². The molecule has 1 aliphatic heterocycles. The fourth-order valence-electron chi connectivity index (χ4n) is 3.43. The molecule has 0 spiro atoms. The van der Waals surface area contributed by atoms with Gasteiger partial charge in [0.05, 0.1) is 5.92 Å². The van der Waals surface area contributed by atoms with Crippen LogP contribution in [0.15, 0.2) is 30.3 Å². The predicted octanol–water partition coefficient (Wildman–Crippen LogP) is 3.15. The highest BCUT2D eigenvalue weighted by Crippen LogP contribution is 2.22. The Labute approximate surface area is 144 Å². The van der Waals surface area contributed by atoms with Gasteiger partial charge in [-0.3, -0.25) is 4.79 Å². The second kappa shape index (κ2) is 8.71. The van der Waals surface area contributed by atoms with Gasteiger partial charge in [-0.05, 0) is 30.7 Å². The average Bonchev–Trinajstić information content (AvgIpc) is 2.55. The molecule has 2 rings (SSSR count). The fourth-order valence-corrected chi connectivity index (χ4v) is 3.43. The lowest BCUT2D eigenvalue weighted by molar-refractivity contribution is -0.143. The maximum Gasteiger partial charge on any atom is 0.317 e. The summed E-state index contributed by atoms with van der Waals surface area (Å²) in [6, 6.07) is 10.1. The zero-order chi connectivity index (χ0) is 17.5. The van der Waals surface area contributed by atoms with Gasteiger partial charge in [-0.2, -0.15) is 0 Å². The molecule has 24 heavy (non-hydrogen) atoms. The van der Waals surface area contributed by atoms with Crippen LogP contribution in [0.25, 0.3) is 0 Å². The number of carboxylic acids is 1. The molecule has 0 saturated carbocycles. The second-order valence-corrected chi connectivity index (χ2v) is 6.91. The van der Waals surface area contributed by atoms with Gasteiger partial charge in [-0.15, -0.1) is 0 Å². The summed E-state index contributed by atoms with van der Waals surface area (Å²) in [6.07, 6.45) is 3.34. The van der Waals surface area contributed by atoms with Crippen molar-refractivity contribution in [2.45, 2.75) is 45.6 Å². The Morgan fingerprint density at radius 1 is 1.29 bits per heavy atom. The van der Waals surface area contributed by atoms with Crippen LogP contribution in [0.3, 0.4) is 0 Å². The van der Waals surface area contributed by atoms with E-state index < -0.39 is 11.9 Å². The minimum absolute atomic E-state index is 0.0745. The first-order valence-electron chi connectivity index (χ1n) is 8.81. The number of aliphatic carboxylic acids is 1. The largest absolute Gasteiger partial charge is 0.481 e. The number of likely N-dealkylation sites (tertiary alicyclic amines) is 1. The van der Waals surface area contributed by atoms with Gasteiger partial charge in [-0.1, -0.05) is 50.6 Å². The van der Waals surface area contributed by atoms with E-state index in [1.807, 2.05) is 25.1 Å². The third kappa shape index (κ3) is 5.25. The third-order valence-corrected chi connectivity index (χ3v) is 4.59. The first-order chi connectivity index (χ1) is 11.5. The Morgan fingerprint density at radius 3 is 2.62 bits per heavy atom. The number of carbonyl (C=O) groups is 2. The Morgan fingerprint density at radius 2 is 2.00 bits per heavy atom. The molecule has 2 amide bonds. The summed E-state index contributed by atoms with van der Waals surface area (Å²) in [6.45, 7) is 5.03. The molecule has 1 fully saturated rings. The van der Waals surface area contributed by atoms with Crippen molar-refractivity contribution in [1.82, 2.24) is 10.2 Å². The zero-order valence-electron chi connectivity index (χ0n) is 14.6. The SMILES string of the molecule is CCCC(Cc1ccccc1)NC(=O)N1CC(C)CC(C(=O)O)C1. The number of amides is 2. The smallest absolute Gasteiger partial charge is 0.317 e. The quantitative estimate of drug-likeness (QED) is 0.841. The highest BCUT2D eigenvalue weighted by Gasteiger charge is 2.32. The number of hydrogen-bond acceptors (Lipinski definition) is 2. The van der Waals surface area contributed by atoms with Gasteiger partial charge in [0.1, 0.15) is 0 Å². The van der Waals surface area contributed by atoms with E-state index >= 15 is 0 Å².